The Bertz CT molecular complexity index is 1190. The molecular weight excluding hydrogens is 460 g/mol. The van der Waals surface area contributed by atoms with Crippen LogP contribution in [-0.2, 0) is 4.79 Å². The first-order chi connectivity index (χ1) is 17.6. The number of ether oxygens (including phenoxy) is 3. The largest absolute Gasteiger partial charge is 0.494 e. The Morgan fingerprint density at radius 3 is 2.47 bits per heavy atom. The maximum atomic E-state index is 13.9. The molecule has 1 aliphatic carbocycles. The molecule has 0 saturated heterocycles. The van der Waals surface area contributed by atoms with Gasteiger partial charge in [-0.1, -0.05) is 25.0 Å². The summed E-state index contributed by atoms with van der Waals surface area (Å²) in [6.07, 6.45) is 5.46. The molecule has 1 unspecified atom stereocenters. The number of furan rings is 1. The van der Waals surface area contributed by atoms with E-state index in [9.17, 15) is 9.59 Å². The number of fused-ring (bicyclic) bond motifs is 1. The van der Waals surface area contributed by atoms with Crippen LogP contribution in [-0.4, -0.2) is 37.7 Å². The lowest BCUT2D eigenvalue weighted by Gasteiger charge is -2.32. The summed E-state index contributed by atoms with van der Waals surface area (Å²) in [5, 5.41) is 3.18. The summed E-state index contributed by atoms with van der Waals surface area (Å²) < 4.78 is 22.5. The van der Waals surface area contributed by atoms with Gasteiger partial charge in [0.15, 0.2) is 17.3 Å². The second-order valence-corrected chi connectivity index (χ2v) is 8.87. The molecule has 2 aliphatic rings. The molecule has 2 amide bonds. The first-order valence-electron chi connectivity index (χ1n) is 12.4. The SMILES string of the molecule is CCOc1ccc(C(C(=O)NC2CCCC2)N(C(=O)c2ccco2)c2ccc3c(c2)OCCO3)cc1. The van der Waals surface area contributed by atoms with E-state index in [1.807, 2.05) is 31.2 Å². The van der Waals surface area contributed by atoms with Gasteiger partial charge in [0.1, 0.15) is 25.0 Å². The predicted octanol–water partition coefficient (Wildman–Crippen LogP) is 4.90. The highest BCUT2D eigenvalue weighted by atomic mass is 16.6. The van der Waals surface area contributed by atoms with Crippen molar-refractivity contribution in [3.05, 3.63) is 72.2 Å². The third kappa shape index (κ3) is 5.03. The summed E-state index contributed by atoms with van der Waals surface area (Å²) in [5.41, 5.74) is 1.16. The fraction of sp³-hybridized carbons (Fsp3) is 0.357. The molecule has 0 spiro atoms. The molecule has 5 rings (SSSR count). The van der Waals surface area contributed by atoms with Crippen molar-refractivity contribution in [2.45, 2.75) is 44.7 Å². The van der Waals surface area contributed by atoms with Crippen LogP contribution in [0.5, 0.6) is 17.2 Å². The molecule has 1 N–H and O–H groups in total. The molecule has 188 valence electrons. The van der Waals surface area contributed by atoms with Crippen molar-refractivity contribution in [2.24, 2.45) is 0 Å². The second-order valence-electron chi connectivity index (χ2n) is 8.87. The Morgan fingerprint density at radius 2 is 1.78 bits per heavy atom. The van der Waals surface area contributed by atoms with E-state index >= 15 is 0 Å². The fourth-order valence-corrected chi connectivity index (χ4v) is 4.77. The number of carbonyl (C=O) groups excluding carboxylic acids is 2. The van der Waals surface area contributed by atoms with E-state index in [1.165, 1.54) is 11.2 Å². The van der Waals surface area contributed by atoms with E-state index in [1.54, 1.807) is 30.3 Å². The lowest BCUT2D eigenvalue weighted by molar-refractivity contribution is -0.123. The van der Waals surface area contributed by atoms with Crippen LogP contribution >= 0.6 is 0 Å². The van der Waals surface area contributed by atoms with Gasteiger partial charge in [0, 0.05) is 17.8 Å². The van der Waals surface area contributed by atoms with E-state index in [0.717, 1.165) is 25.7 Å². The molecule has 8 nitrogen and oxygen atoms in total. The van der Waals surface area contributed by atoms with E-state index < -0.39 is 11.9 Å². The van der Waals surface area contributed by atoms with Crippen molar-refractivity contribution in [2.75, 3.05) is 24.7 Å². The Balaban J connectivity index is 1.59. The highest BCUT2D eigenvalue weighted by Gasteiger charge is 2.36. The summed E-state index contributed by atoms with van der Waals surface area (Å²) in [6.45, 7) is 3.32. The third-order valence-electron chi connectivity index (χ3n) is 6.47. The van der Waals surface area contributed by atoms with Crippen LogP contribution in [0.4, 0.5) is 5.69 Å². The third-order valence-corrected chi connectivity index (χ3v) is 6.47. The Labute approximate surface area is 210 Å². The smallest absolute Gasteiger partial charge is 0.294 e. The minimum Gasteiger partial charge on any atom is -0.494 e. The number of benzene rings is 2. The lowest BCUT2D eigenvalue weighted by atomic mass is 10.0. The van der Waals surface area contributed by atoms with E-state index in [4.69, 9.17) is 18.6 Å². The van der Waals surface area contributed by atoms with Gasteiger partial charge in [0.05, 0.1) is 12.9 Å². The van der Waals surface area contributed by atoms with Gasteiger partial charge < -0.3 is 23.9 Å². The fourth-order valence-electron chi connectivity index (χ4n) is 4.77. The zero-order chi connectivity index (χ0) is 24.9. The standard InChI is InChI=1S/C28H30N2O6/c1-2-33-22-12-9-19(10-13-22)26(27(31)29-20-6-3-4-7-20)30(28(32)24-8-5-15-34-24)21-11-14-23-25(18-21)36-17-16-35-23/h5,8-15,18,20,26H,2-4,6-7,16-17H2,1H3,(H,29,31). The van der Waals surface area contributed by atoms with Gasteiger partial charge in [0.2, 0.25) is 5.91 Å². The van der Waals surface area contributed by atoms with Gasteiger partial charge in [-0.2, -0.15) is 0 Å². The number of carbonyl (C=O) groups is 2. The minimum absolute atomic E-state index is 0.0866. The number of hydrogen-bond donors (Lipinski definition) is 1. The van der Waals surface area contributed by atoms with Gasteiger partial charge in [0.25, 0.3) is 5.91 Å². The number of anilines is 1. The van der Waals surface area contributed by atoms with Crippen LogP contribution in [0.15, 0.2) is 65.3 Å². The highest BCUT2D eigenvalue weighted by Crippen LogP contribution is 2.38. The predicted molar refractivity (Wildman–Crippen MR) is 134 cm³/mol. The first kappa shape index (κ1) is 23.8. The van der Waals surface area contributed by atoms with Crippen molar-refractivity contribution >= 4 is 17.5 Å². The average molecular weight is 491 g/mol. The molecule has 1 atom stereocenters. The van der Waals surface area contributed by atoms with Crippen LogP contribution < -0.4 is 24.4 Å². The number of nitrogens with zero attached hydrogens (tertiary/aromatic N) is 1. The summed E-state index contributed by atoms with van der Waals surface area (Å²) in [6, 6.07) is 14.9. The molecule has 2 aromatic carbocycles. The topological polar surface area (TPSA) is 90.2 Å². The van der Waals surface area contributed by atoms with Gasteiger partial charge >= 0.3 is 0 Å². The average Bonchev–Trinajstić information content (AvgIpc) is 3.62. The van der Waals surface area contributed by atoms with Crippen LogP contribution in [0.1, 0.15) is 54.8 Å². The molecule has 8 heteroatoms. The number of amides is 2. The van der Waals surface area contributed by atoms with Crippen LogP contribution in [0.3, 0.4) is 0 Å². The molecule has 1 aromatic heterocycles. The van der Waals surface area contributed by atoms with Crippen LogP contribution in [0, 0.1) is 0 Å². The van der Waals surface area contributed by atoms with Gasteiger partial charge in [-0.05, 0) is 61.7 Å². The molecule has 1 saturated carbocycles. The molecule has 1 fully saturated rings. The van der Waals surface area contributed by atoms with Crippen molar-refractivity contribution in [1.29, 1.82) is 0 Å². The van der Waals surface area contributed by atoms with Crippen molar-refractivity contribution in [3.8, 4) is 17.2 Å². The Hall–Kier alpha value is -3.94. The zero-order valence-electron chi connectivity index (χ0n) is 20.3. The van der Waals surface area contributed by atoms with Crippen LogP contribution in [0.2, 0.25) is 0 Å². The molecular formula is C28H30N2O6. The van der Waals surface area contributed by atoms with Gasteiger partial charge in [-0.15, -0.1) is 0 Å². The minimum atomic E-state index is -0.943. The second kappa shape index (κ2) is 10.8. The summed E-state index contributed by atoms with van der Waals surface area (Å²) in [5.74, 6) is 1.27. The van der Waals surface area contributed by atoms with Crippen molar-refractivity contribution in [3.63, 3.8) is 0 Å². The molecule has 1 aliphatic heterocycles. The van der Waals surface area contributed by atoms with Gasteiger partial charge in [-0.3, -0.25) is 14.5 Å². The van der Waals surface area contributed by atoms with E-state index in [-0.39, 0.29) is 17.7 Å². The number of hydrogen-bond acceptors (Lipinski definition) is 6. The van der Waals surface area contributed by atoms with Crippen molar-refractivity contribution in [1.82, 2.24) is 5.32 Å². The lowest BCUT2D eigenvalue weighted by Crippen LogP contribution is -2.46. The van der Waals surface area contributed by atoms with E-state index in [0.29, 0.717) is 48.3 Å². The summed E-state index contributed by atoms with van der Waals surface area (Å²) in [4.78, 5) is 29.2. The zero-order valence-corrected chi connectivity index (χ0v) is 20.3. The van der Waals surface area contributed by atoms with Crippen molar-refractivity contribution < 1.29 is 28.2 Å². The first-order valence-corrected chi connectivity index (χ1v) is 12.4. The van der Waals surface area contributed by atoms with Gasteiger partial charge in [-0.25, -0.2) is 0 Å². The monoisotopic (exact) mass is 490 g/mol. The highest BCUT2D eigenvalue weighted by molar-refractivity contribution is 6.08. The molecule has 0 radical (unpaired) electrons. The van der Waals surface area contributed by atoms with E-state index in [2.05, 4.69) is 5.32 Å². The quantitative estimate of drug-likeness (QED) is 0.483. The number of nitrogens with one attached hydrogen (secondary N) is 1. The molecule has 0 bridgehead atoms. The summed E-state index contributed by atoms with van der Waals surface area (Å²) in [7, 11) is 0. The maximum absolute atomic E-state index is 13.9. The molecule has 2 heterocycles. The Kier molecular flexibility index (Phi) is 7.11. The maximum Gasteiger partial charge on any atom is 0.294 e. The molecule has 3 aromatic rings. The molecule has 36 heavy (non-hydrogen) atoms. The summed E-state index contributed by atoms with van der Waals surface area (Å²) >= 11 is 0. The van der Waals surface area contributed by atoms with Crippen LogP contribution in [0.25, 0.3) is 0 Å². The normalized spacial score (nSPS) is 15.8. The number of rotatable bonds is 8. The Morgan fingerprint density at radius 1 is 1.03 bits per heavy atom.